The molecule has 19 heavy (non-hydrogen) atoms. The number of rotatable bonds is 1. The lowest BCUT2D eigenvalue weighted by Gasteiger charge is -2.45. The fraction of sp³-hybridized carbons (Fsp3) is 0.733. The van der Waals surface area contributed by atoms with Crippen LogP contribution in [0.2, 0.25) is 0 Å². The zero-order chi connectivity index (χ0) is 13.3. The maximum atomic E-state index is 4.72. The van der Waals surface area contributed by atoms with Crippen LogP contribution in [0.5, 0.6) is 0 Å². The van der Waals surface area contributed by atoms with Crippen molar-refractivity contribution < 1.29 is 0 Å². The van der Waals surface area contributed by atoms with E-state index in [-0.39, 0.29) is 0 Å². The smallest absolute Gasteiger partial charge is 0.147 e. The van der Waals surface area contributed by atoms with E-state index in [2.05, 4.69) is 15.2 Å². The second-order valence-corrected chi connectivity index (χ2v) is 6.20. The molecule has 2 aliphatic rings. The monoisotopic (exact) mass is 260 g/mol. The number of hydrogen-bond donors (Lipinski definition) is 1. The molecule has 0 aliphatic carbocycles. The van der Waals surface area contributed by atoms with Crippen molar-refractivity contribution in [3.8, 4) is 0 Å². The summed E-state index contributed by atoms with van der Waals surface area (Å²) in [6.45, 7) is 8.69. The first-order valence-electron chi connectivity index (χ1n) is 7.45. The fourth-order valence-electron chi connectivity index (χ4n) is 3.46. The maximum absolute atomic E-state index is 4.72. The van der Waals surface area contributed by atoms with Crippen LogP contribution >= 0.6 is 0 Å². The van der Waals surface area contributed by atoms with Crippen molar-refractivity contribution in [1.82, 2.24) is 15.3 Å². The van der Waals surface area contributed by atoms with Gasteiger partial charge in [0.25, 0.3) is 0 Å². The molecular formula is C15H24N4. The van der Waals surface area contributed by atoms with Gasteiger partial charge in [-0.25, -0.2) is 4.98 Å². The lowest BCUT2D eigenvalue weighted by Crippen LogP contribution is -2.51. The highest BCUT2D eigenvalue weighted by Crippen LogP contribution is 2.37. The van der Waals surface area contributed by atoms with E-state index in [1.165, 1.54) is 38.8 Å². The Morgan fingerprint density at radius 3 is 2.79 bits per heavy atom. The fourth-order valence-corrected chi connectivity index (χ4v) is 3.46. The summed E-state index contributed by atoms with van der Waals surface area (Å²) >= 11 is 0. The van der Waals surface area contributed by atoms with Gasteiger partial charge in [0.05, 0.1) is 17.6 Å². The number of nitrogens with one attached hydrogen (secondary N) is 1. The molecular weight excluding hydrogens is 236 g/mol. The van der Waals surface area contributed by atoms with Crippen molar-refractivity contribution in [3.63, 3.8) is 0 Å². The zero-order valence-corrected chi connectivity index (χ0v) is 12.1. The van der Waals surface area contributed by atoms with Gasteiger partial charge in [-0.15, -0.1) is 0 Å². The normalized spacial score (nSPS) is 27.8. The minimum atomic E-state index is 0.469. The van der Waals surface area contributed by atoms with Crippen LogP contribution in [0.1, 0.15) is 37.1 Å². The highest BCUT2D eigenvalue weighted by molar-refractivity contribution is 5.38. The largest absolute Gasteiger partial charge is 0.355 e. The average molecular weight is 260 g/mol. The van der Waals surface area contributed by atoms with Gasteiger partial charge in [0.2, 0.25) is 0 Å². The van der Waals surface area contributed by atoms with Crippen molar-refractivity contribution in [3.05, 3.63) is 17.6 Å². The van der Waals surface area contributed by atoms with E-state index in [1.807, 2.05) is 20.0 Å². The minimum absolute atomic E-state index is 0.469. The summed E-state index contributed by atoms with van der Waals surface area (Å²) in [4.78, 5) is 11.6. The molecule has 3 rings (SSSR count). The molecule has 104 valence electrons. The molecule has 3 heterocycles. The Labute approximate surface area is 115 Å². The van der Waals surface area contributed by atoms with Gasteiger partial charge < -0.3 is 10.2 Å². The minimum Gasteiger partial charge on any atom is -0.355 e. The first-order chi connectivity index (χ1) is 9.19. The van der Waals surface area contributed by atoms with Gasteiger partial charge in [0, 0.05) is 25.0 Å². The van der Waals surface area contributed by atoms with E-state index in [9.17, 15) is 0 Å². The molecule has 0 radical (unpaired) electrons. The van der Waals surface area contributed by atoms with Crippen LogP contribution in [-0.4, -0.2) is 36.1 Å². The summed E-state index contributed by atoms with van der Waals surface area (Å²) in [7, 11) is 0. The maximum Gasteiger partial charge on any atom is 0.147 e. The van der Waals surface area contributed by atoms with Crippen LogP contribution in [0.15, 0.2) is 6.20 Å². The molecule has 1 spiro atoms. The molecule has 1 atom stereocenters. The number of aryl methyl sites for hydroxylation is 2. The summed E-state index contributed by atoms with van der Waals surface area (Å²) in [6.07, 6.45) is 7.24. The molecule has 1 unspecified atom stereocenters. The van der Waals surface area contributed by atoms with E-state index in [0.717, 1.165) is 30.3 Å². The van der Waals surface area contributed by atoms with E-state index in [1.54, 1.807) is 0 Å². The Morgan fingerprint density at radius 1 is 1.21 bits per heavy atom. The SMILES string of the molecule is Cc1ncc(N2CCCC3(CCCNC3)C2)nc1C. The first kappa shape index (κ1) is 12.9. The Hall–Kier alpha value is -1.16. The number of piperidine rings is 2. The van der Waals surface area contributed by atoms with Gasteiger partial charge in [-0.3, -0.25) is 4.98 Å². The molecule has 4 nitrogen and oxygen atoms in total. The molecule has 1 aromatic rings. The van der Waals surface area contributed by atoms with Gasteiger partial charge in [0.15, 0.2) is 0 Å². The molecule has 2 aliphatic heterocycles. The highest BCUT2D eigenvalue weighted by Gasteiger charge is 2.36. The van der Waals surface area contributed by atoms with Crippen LogP contribution in [0.25, 0.3) is 0 Å². The number of anilines is 1. The van der Waals surface area contributed by atoms with Gasteiger partial charge in [-0.2, -0.15) is 0 Å². The Kier molecular flexibility index (Phi) is 3.44. The van der Waals surface area contributed by atoms with Crippen LogP contribution < -0.4 is 10.2 Å². The lowest BCUT2D eigenvalue weighted by molar-refractivity contribution is 0.173. The molecule has 2 fully saturated rings. The van der Waals surface area contributed by atoms with Crippen molar-refractivity contribution >= 4 is 5.82 Å². The van der Waals surface area contributed by atoms with Crippen molar-refractivity contribution in [2.45, 2.75) is 39.5 Å². The molecule has 1 N–H and O–H groups in total. The third kappa shape index (κ3) is 2.59. The Balaban J connectivity index is 1.78. The third-order valence-corrected chi connectivity index (χ3v) is 4.73. The van der Waals surface area contributed by atoms with E-state index in [4.69, 9.17) is 4.98 Å². The summed E-state index contributed by atoms with van der Waals surface area (Å²) in [5.74, 6) is 1.06. The van der Waals surface area contributed by atoms with Crippen LogP contribution in [0, 0.1) is 19.3 Å². The average Bonchev–Trinajstić information content (AvgIpc) is 2.43. The standard InChI is InChI=1S/C15H24N4/c1-12-13(2)18-14(9-17-12)19-8-4-6-15(11-19)5-3-7-16-10-15/h9,16H,3-8,10-11H2,1-2H3. The molecule has 2 saturated heterocycles. The molecule has 1 aromatic heterocycles. The third-order valence-electron chi connectivity index (χ3n) is 4.73. The van der Waals surface area contributed by atoms with Crippen molar-refractivity contribution in [2.24, 2.45) is 5.41 Å². The number of aromatic nitrogens is 2. The Morgan fingerprint density at radius 2 is 2.05 bits per heavy atom. The quantitative estimate of drug-likeness (QED) is 0.839. The van der Waals surface area contributed by atoms with E-state index < -0.39 is 0 Å². The summed E-state index contributed by atoms with van der Waals surface area (Å²) in [6, 6.07) is 0. The van der Waals surface area contributed by atoms with Gasteiger partial charge >= 0.3 is 0 Å². The Bertz CT molecular complexity index is 446. The second kappa shape index (κ2) is 5.08. The molecule has 4 heteroatoms. The summed E-state index contributed by atoms with van der Waals surface area (Å²) in [5, 5.41) is 3.58. The van der Waals surface area contributed by atoms with Crippen LogP contribution in [0.3, 0.4) is 0 Å². The van der Waals surface area contributed by atoms with Crippen molar-refractivity contribution in [2.75, 3.05) is 31.1 Å². The predicted octanol–water partition coefficient (Wildman–Crippen LogP) is 2.06. The van der Waals surface area contributed by atoms with Gasteiger partial charge in [-0.1, -0.05) is 0 Å². The lowest BCUT2D eigenvalue weighted by atomic mass is 9.74. The summed E-state index contributed by atoms with van der Waals surface area (Å²) < 4.78 is 0. The number of hydrogen-bond acceptors (Lipinski definition) is 4. The second-order valence-electron chi connectivity index (χ2n) is 6.20. The topological polar surface area (TPSA) is 41.1 Å². The van der Waals surface area contributed by atoms with Gasteiger partial charge in [-0.05, 0) is 46.1 Å². The highest BCUT2D eigenvalue weighted by atomic mass is 15.2. The van der Waals surface area contributed by atoms with Crippen LogP contribution in [0.4, 0.5) is 5.82 Å². The van der Waals surface area contributed by atoms with Crippen LogP contribution in [-0.2, 0) is 0 Å². The number of nitrogens with zero attached hydrogens (tertiary/aromatic N) is 3. The zero-order valence-electron chi connectivity index (χ0n) is 12.1. The van der Waals surface area contributed by atoms with E-state index in [0.29, 0.717) is 5.41 Å². The molecule has 0 aromatic carbocycles. The van der Waals surface area contributed by atoms with Crippen molar-refractivity contribution in [1.29, 1.82) is 0 Å². The first-order valence-corrected chi connectivity index (χ1v) is 7.45. The van der Waals surface area contributed by atoms with E-state index >= 15 is 0 Å². The molecule has 0 bridgehead atoms. The van der Waals surface area contributed by atoms with Gasteiger partial charge in [0.1, 0.15) is 5.82 Å². The molecule has 0 saturated carbocycles. The summed E-state index contributed by atoms with van der Waals surface area (Å²) in [5.41, 5.74) is 2.56. The predicted molar refractivity (Wildman–Crippen MR) is 77.5 cm³/mol. The molecule has 0 amide bonds.